The number of aromatic nitrogens is 2. The van der Waals surface area contributed by atoms with Crippen LogP contribution in [0.5, 0.6) is 5.75 Å². The lowest BCUT2D eigenvalue weighted by molar-refractivity contribution is -0.192. The van der Waals surface area contributed by atoms with E-state index in [2.05, 4.69) is 25.9 Å². The smallest absolute Gasteiger partial charge is 0.490 e. The summed E-state index contributed by atoms with van der Waals surface area (Å²) in [6.45, 7) is -0.170. The lowest BCUT2D eigenvalue weighted by Crippen LogP contribution is -2.48. The molecule has 0 bridgehead atoms. The maximum atomic E-state index is 13.0. The minimum absolute atomic E-state index is 0.170. The van der Waals surface area contributed by atoms with E-state index in [4.69, 9.17) is 15.2 Å². The first-order valence-corrected chi connectivity index (χ1v) is 15.5. The van der Waals surface area contributed by atoms with Gasteiger partial charge in [0.15, 0.2) is 5.13 Å². The molecule has 4 aromatic rings. The topological polar surface area (TPSA) is 177 Å². The van der Waals surface area contributed by atoms with E-state index in [0.717, 1.165) is 27.6 Å². The number of aromatic hydroxyl groups is 1. The van der Waals surface area contributed by atoms with Crippen LogP contribution in [0.3, 0.4) is 0 Å². The summed E-state index contributed by atoms with van der Waals surface area (Å²) in [5, 5.41) is 37.2. The predicted octanol–water partition coefficient (Wildman–Crippen LogP) is 5.48. The lowest BCUT2D eigenvalue weighted by atomic mass is 10.0. The van der Waals surface area contributed by atoms with Crippen LogP contribution in [0.1, 0.15) is 15.9 Å². The molecule has 2 aromatic heterocycles. The van der Waals surface area contributed by atoms with E-state index in [1.165, 1.54) is 11.3 Å². The number of rotatable bonds is 9. The quantitative estimate of drug-likeness (QED) is 0.108. The third-order valence-corrected chi connectivity index (χ3v) is 8.00. The van der Waals surface area contributed by atoms with Gasteiger partial charge in [-0.3, -0.25) is 14.6 Å². The second-order valence-corrected chi connectivity index (χ2v) is 12.0. The Bertz CT molecular complexity index is 1680. The first-order valence-electron chi connectivity index (χ1n) is 12.4. The number of benzene rings is 2. The van der Waals surface area contributed by atoms with Gasteiger partial charge >= 0.3 is 12.1 Å². The van der Waals surface area contributed by atoms with Crippen LogP contribution in [0.4, 0.5) is 24.0 Å². The highest BCUT2D eigenvalue weighted by atomic mass is 127. The first-order chi connectivity index (χ1) is 21.3. The molecule has 4 rings (SSSR count). The molecule has 0 radical (unpaired) electrons. The molecule has 17 heteroatoms. The van der Waals surface area contributed by atoms with Crippen molar-refractivity contribution in [1.29, 1.82) is 5.26 Å². The zero-order chi connectivity index (χ0) is 33.1. The summed E-state index contributed by atoms with van der Waals surface area (Å²) in [7, 11) is 0. The van der Waals surface area contributed by atoms with E-state index in [1.54, 1.807) is 48.8 Å². The number of nitriles is 1. The number of carboxylic acid groups (broad SMARTS) is 1. The van der Waals surface area contributed by atoms with Crippen molar-refractivity contribution < 1.29 is 37.8 Å². The number of hydrogen-bond donors (Lipinski definition) is 5. The van der Waals surface area contributed by atoms with Gasteiger partial charge in [-0.05, 0) is 87.1 Å². The number of amides is 2. The lowest BCUT2D eigenvalue weighted by Gasteiger charge is -2.19. The average molecular weight is 864 g/mol. The van der Waals surface area contributed by atoms with Crippen LogP contribution in [-0.4, -0.2) is 56.7 Å². The Morgan fingerprint density at radius 3 is 2.20 bits per heavy atom. The van der Waals surface area contributed by atoms with Crippen LogP contribution in [0.25, 0.3) is 11.3 Å². The number of thiazole rings is 1. The summed E-state index contributed by atoms with van der Waals surface area (Å²) < 4.78 is 33.0. The number of alkyl halides is 3. The Hall–Kier alpha value is -4.03. The number of phenols is 1. The van der Waals surface area contributed by atoms with E-state index >= 15 is 0 Å². The molecule has 5 N–H and O–H groups in total. The SMILES string of the molecule is N#CCNC(=O)[C@H](Cc1cc(I)c(O)c(I)c1)NC(=O)c1ccc(-c2csc(Nc3ccncc3)n2)cc1.O=C(O)C(F)(F)F. The third-order valence-electron chi connectivity index (χ3n) is 5.60. The zero-order valence-corrected chi connectivity index (χ0v) is 27.7. The monoisotopic (exact) mass is 864 g/mol. The van der Waals surface area contributed by atoms with Gasteiger partial charge in [0.05, 0.1) is 18.9 Å². The maximum Gasteiger partial charge on any atom is 0.490 e. The summed E-state index contributed by atoms with van der Waals surface area (Å²) >= 11 is 5.50. The molecule has 0 saturated carbocycles. The molecule has 2 amide bonds. The predicted molar refractivity (Wildman–Crippen MR) is 176 cm³/mol. The number of pyridine rings is 1. The van der Waals surface area contributed by atoms with Gasteiger partial charge < -0.3 is 26.2 Å². The standard InChI is InChI=1S/C26H20I2N6O3S.C2HF3O2/c27-19-11-15(12-20(28)23(19)35)13-21(25(37)31-10-7-29)33-24(36)17-3-1-16(2-4-17)22-14-38-26(34-22)32-18-5-8-30-9-6-18;3-2(4,5)1(6)7/h1-6,8-9,11-12,14,21,35H,10,13H2,(H,31,37)(H,33,36)(H,30,32,34);(H,6,7)/t21-;/m0./s1. The molecular formula is C28H21F3I2N6O5S. The molecule has 2 heterocycles. The Morgan fingerprint density at radius 1 is 1.04 bits per heavy atom. The number of carbonyl (C=O) groups is 3. The molecule has 11 nitrogen and oxygen atoms in total. The summed E-state index contributed by atoms with van der Waals surface area (Å²) in [4.78, 5) is 43.3. The van der Waals surface area contributed by atoms with Crippen LogP contribution in [0.2, 0.25) is 0 Å². The number of phenolic OH excluding ortho intramolecular Hbond substituents is 1. The van der Waals surface area contributed by atoms with Gasteiger partial charge in [0.25, 0.3) is 5.91 Å². The zero-order valence-electron chi connectivity index (χ0n) is 22.6. The Balaban J connectivity index is 0.000000707. The number of aliphatic carboxylic acids is 1. The molecule has 0 spiro atoms. The number of carbonyl (C=O) groups excluding carboxylic acids is 2. The van der Waals surface area contributed by atoms with Gasteiger partial charge in [0, 0.05) is 41.0 Å². The molecule has 234 valence electrons. The highest BCUT2D eigenvalue weighted by Gasteiger charge is 2.38. The van der Waals surface area contributed by atoms with E-state index in [1.807, 2.05) is 68.8 Å². The molecule has 45 heavy (non-hydrogen) atoms. The molecule has 0 saturated heterocycles. The molecule has 0 aliphatic carbocycles. The third kappa shape index (κ3) is 10.8. The highest BCUT2D eigenvalue weighted by molar-refractivity contribution is 14.1. The number of halogens is 5. The second-order valence-electron chi connectivity index (χ2n) is 8.79. The van der Waals surface area contributed by atoms with Crippen LogP contribution < -0.4 is 16.0 Å². The maximum absolute atomic E-state index is 13.0. The fourth-order valence-corrected chi connectivity index (χ4v) is 6.12. The number of carboxylic acids is 1. The number of anilines is 2. The van der Waals surface area contributed by atoms with Crippen molar-refractivity contribution in [2.24, 2.45) is 0 Å². The highest BCUT2D eigenvalue weighted by Crippen LogP contribution is 2.29. The Morgan fingerprint density at radius 2 is 1.64 bits per heavy atom. The largest absolute Gasteiger partial charge is 0.506 e. The van der Waals surface area contributed by atoms with Gasteiger partial charge in [-0.15, -0.1) is 11.3 Å². The fourth-order valence-electron chi connectivity index (χ4n) is 3.49. The number of nitrogens with one attached hydrogen (secondary N) is 3. The van der Waals surface area contributed by atoms with Crippen molar-refractivity contribution in [3.63, 3.8) is 0 Å². The summed E-state index contributed by atoms with van der Waals surface area (Å²) in [5.74, 6) is -3.47. The summed E-state index contributed by atoms with van der Waals surface area (Å²) in [5.41, 5.74) is 3.65. The number of nitrogens with zero attached hydrogens (tertiary/aromatic N) is 3. The fraction of sp³-hybridized carbons (Fsp3) is 0.143. The number of hydrogen-bond acceptors (Lipinski definition) is 9. The van der Waals surface area contributed by atoms with Crippen LogP contribution in [0, 0.1) is 18.5 Å². The summed E-state index contributed by atoms with van der Waals surface area (Å²) in [6.07, 6.45) is -1.49. The second kappa shape index (κ2) is 16.3. The van der Waals surface area contributed by atoms with Gasteiger partial charge in [-0.2, -0.15) is 18.4 Å². The van der Waals surface area contributed by atoms with E-state index in [9.17, 15) is 27.9 Å². The Labute approximate surface area is 285 Å². The molecule has 0 unspecified atom stereocenters. The van der Waals surface area contributed by atoms with Gasteiger partial charge in [-0.25, -0.2) is 9.78 Å². The molecule has 0 aliphatic rings. The van der Waals surface area contributed by atoms with Gasteiger partial charge in [-0.1, -0.05) is 12.1 Å². The van der Waals surface area contributed by atoms with Crippen molar-refractivity contribution in [1.82, 2.24) is 20.6 Å². The minimum atomic E-state index is -5.08. The molecule has 2 aromatic carbocycles. The van der Waals surface area contributed by atoms with Crippen molar-refractivity contribution in [2.45, 2.75) is 18.6 Å². The van der Waals surface area contributed by atoms with E-state index in [0.29, 0.717) is 12.7 Å². The van der Waals surface area contributed by atoms with E-state index < -0.39 is 30.0 Å². The molecular weight excluding hydrogens is 843 g/mol. The van der Waals surface area contributed by atoms with Crippen molar-refractivity contribution in [3.05, 3.63) is 84.6 Å². The van der Waals surface area contributed by atoms with E-state index in [-0.39, 0.29) is 18.7 Å². The van der Waals surface area contributed by atoms with Gasteiger partial charge in [0.1, 0.15) is 18.3 Å². The van der Waals surface area contributed by atoms with Crippen molar-refractivity contribution >= 4 is 85.1 Å². The average Bonchev–Trinajstić information content (AvgIpc) is 3.47. The summed E-state index contributed by atoms with van der Waals surface area (Å²) in [6, 6.07) is 15.1. The Kier molecular flexibility index (Phi) is 12.9. The molecule has 1 atom stereocenters. The minimum Gasteiger partial charge on any atom is -0.506 e. The normalized spacial score (nSPS) is 11.3. The van der Waals surface area contributed by atoms with Crippen molar-refractivity contribution in [2.75, 3.05) is 11.9 Å². The van der Waals surface area contributed by atoms with Gasteiger partial charge in [0.2, 0.25) is 5.91 Å². The molecule has 0 aliphatic heterocycles. The van der Waals surface area contributed by atoms with Crippen molar-refractivity contribution in [3.8, 4) is 23.1 Å². The van der Waals surface area contributed by atoms with Crippen LogP contribution >= 0.6 is 56.5 Å². The van der Waals surface area contributed by atoms with Crippen LogP contribution in [0.15, 0.2) is 66.3 Å². The first kappa shape index (κ1) is 35.4. The molecule has 0 fully saturated rings. The van der Waals surface area contributed by atoms with Crippen LogP contribution in [-0.2, 0) is 16.0 Å².